The van der Waals surface area contributed by atoms with E-state index in [1.54, 1.807) is 11.0 Å². The molecule has 3 heterocycles. The maximum atomic E-state index is 13.4. The first-order chi connectivity index (χ1) is 23.3. The fourth-order valence-corrected chi connectivity index (χ4v) is 7.46. The Balaban J connectivity index is 1.15. The number of anilines is 1. The Kier molecular flexibility index (Phi) is 10.8. The van der Waals surface area contributed by atoms with E-state index >= 15 is 0 Å². The van der Waals surface area contributed by atoms with Crippen LogP contribution in [0, 0.1) is 0 Å². The van der Waals surface area contributed by atoms with Gasteiger partial charge in [-0.1, -0.05) is 47.4 Å². The number of fused-ring (bicyclic) bond motifs is 1. The van der Waals surface area contributed by atoms with Gasteiger partial charge in [0.15, 0.2) is 16.6 Å². The number of methoxy groups -OCH3 is 1. The molecular weight excluding hydrogens is 673 g/mol. The third kappa shape index (κ3) is 7.90. The number of carboxylic acid groups (broad SMARTS) is 1. The Bertz CT molecular complexity index is 1870. The number of benzene rings is 3. The van der Waals surface area contributed by atoms with Crippen molar-refractivity contribution in [3.05, 3.63) is 70.6 Å². The molecule has 2 saturated heterocycles. The number of hydrogen-bond donors (Lipinski definition) is 2. The topological polar surface area (TPSA) is 137 Å². The van der Waals surface area contributed by atoms with Crippen LogP contribution in [0.15, 0.2) is 59.5 Å². The van der Waals surface area contributed by atoms with Crippen LogP contribution in [0.3, 0.4) is 0 Å². The minimum atomic E-state index is -1.05. The predicted octanol–water partition coefficient (Wildman–Crippen LogP) is 5.63. The average Bonchev–Trinajstić information content (AvgIpc) is 3.59. The summed E-state index contributed by atoms with van der Waals surface area (Å²) < 4.78 is 24.3. The summed E-state index contributed by atoms with van der Waals surface area (Å²) in [4.78, 5) is 33.5. The summed E-state index contributed by atoms with van der Waals surface area (Å²) in [6.07, 6.45) is 2.36. The number of nitrogens with zero attached hydrogens (tertiary/aromatic N) is 3. The van der Waals surface area contributed by atoms with Crippen LogP contribution in [0.25, 0.3) is 27.4 Å². The molecule has 0 unspecified atom stereocenters. The number of amides is 1. The van der Waals surface area contributed by atoms with Crippen molar-refractivity contribution in [3.63, 3.8) is 0 Å². The van der Waals surface area contributed by atoms with Crippen molar-refractivity contribution in [1.29, 1.82) is 0 Å². The Morgan fingerprint density at radius 2 is 1.83 bits per heavy atom. The molecule has 0 saturated carbocycles. The molecule has 0 atom stereocenters. The highest BCUT2D eigenvalue weighted by Crippen LogP contribution is 2.38. The van der Waals surface area contributed by atoms with E-state index in [9.17, 15) is 14.7 Å². The normalized spacial score (nSPS) is 16.2. The number of morpholine rings is 1. The van der Waals surface area contributed by atoms with Gasteiger partial charge in [0.05, 0.1) is 47.6 Å². The van der Waals surface area contributed by atoms with E-state index in [0.717, 1.165) is 65.5 Å². The van der Waals surface area contributed by atoms with E-state index < -0.39 is 5.97 Å². The summed E-state index contributed by atoms with van der Waals surface area (Å²) in [5.41, 5.74) is 9.63. The van der Waals surface area contributed by atoms with Crippen molar-refractivity contribution in [2.45, 2.75) is 6.42 Å². The molecule has 1 amide bonds. The van der Waals surface area contributed by atoms with Gasteiger partial charge in [-0.25, -0.2) is 9.78 Å². The minimum Gasteiger partial charge on any atom is -0.493 e. The number of thioether (sulfide) groups is 1. The van der Waals surface area contributed by atoms with Crippen molar-refractivity contribution in [2.24, 2.45) is 0 Å². The van der Waals surface area contributed by atoms with Crippen molar-refractivity contribution in [3.8, 4) is 28.4 Å². The molecule has 4 aromatic rings. The summed E-state index contributed by atoms with van der Waals surface area (Å²) in [5, 5.41) is 9.73. The number of carboxylic acids is 1. The van der Waals surface area contributed by atoms with Crippen LogP contribution in [0.2, 0.25) is 0 Å². The number of nitrogen functional groups attached to an aromatic ring is 1. The fraction of sp³-hybridized carbons (Fsp3) is 0.294. The molecule has 6 rings (SSSR count). The number of nitrogens with two attached hydrogens (primary N) is 1. The molecule has 48 heavy (non-hydrogen) atoms. The Morgan fingerprint density at radius 3 is 2.62 bits per heavy atom. The summed E-state index contributed by atoms with van der Waals surface area (Å²) in [6.45, 7) is 5.23. The summed E-state index contributed by atoms with van der Waals surface area (Å²) in [6, 6.07) is 16.4. The molecule has 14 heteroatoms. The lowest BCUT2D eigenvalue weighted by Crippen LogP contribution is -2.38. The van der Waals surface area contributed by atoms with E-state index in [-0.39, 0.29) is 18.1 Å². The molecule has 2 aliphatic heterocycles. The number of thiocarbonyl (C=S) groups is 1. The average molecular weight is 707 g/mol. The molecule has 11 nitrogen and oxygen atoms in total. The molecule has 250 valence electrons. The lowest BCUT2D eigenvalue weighted by atomic mass is 10.0. The number of aromatic nitrogens is 1. The zero-order chi connectivity index (χ0) is 33.6. The lowest BCUT2D eigenvalue weighted by molar-refractivity contribution is -0.122. The molecule has 0 spiro atoms. The number of ether oxygens (including phenoxy) is 4. The van der Waals surface area contributed by atoms with Crippen molar-refractivity contribution in [1.82, 2.24) is 14.8 Å². The van der Waals surface area contributed by atoms with Crippen LogP contribution < -0.4 is 19.9 Å². The van der Waals surface area contributed by atoms with Crippen LogP contribution >= 0.6 is 35.3 Å². The largest absolute Gasteiger partial charge is 0.493 e. The molecular formula is C34H34N4O7S3. The Labute approximate surface area is 291 Å². The molecule has 0 aliphatic carbocycles. The molecule has 0 radical (unpaired) electrons. The first-order valence-electron chi connectivity index (χ1n) is 15.3. The van der Waals surface area contributed by atoms with E-state index in [1.165, 1.54) is 42.3 Å². The summed E-state index contributed by atoms with van der Waals surface area (Å²) >= 11 is 8.27. The molecule has 3 N–H and O–H groups in total. The third-order valence-corrected chi connectivity index (χ3v) is 10.1. The third-order valence-electron chi connectivity index (χ3n) is 7.85. The molecule has 0 bridgehead atoms. The van der Waals surface area contributed by atoms with Gasteiger partial charge in [-0.3, -0.25) is 14.6 Å². The van der Waals surface area contributed by atoms with Gasteiger partial charge in [-0.05, 0) is 66.1 Å². The predicted molar refractivity (Wildman–Crippen MR) is 192 cm³/mol. The quantitative estimate of drug-likeness (QED) is 0.101. The van der Waals surface area contributed by atoms with Gasteiger partial charge in [-0.2, -0.15) is 0 Å². The zero-order valence-electron chi connectivity index (χ0n) is 26.2. The Morgan fingerprint density at radius 1 is 1.04 bits per heavy atom. The van der Waals surface area contributed by atoms with Crippen LogP contribution in [-0.4, -0.2) is 95.8 Å². The van der Waals surface area contributed by atoms with Crippen molar-refractivity contribution < 1.29 is 33.6 Å². The van der Waals surface area contributed by atoms with Gasteiger partial charge >= 0.3 is 5.97 Å². The minimum absolute atomic E-state index is 0.104. The first-order valence-corrected chi connectivity index (χ1v) is 17.4. The Hall–Kier alpha value is -4.21. The van der Waals surface area contributed by atoms with Gasteiger partial charge in [0.2, 0.25) is 0 Å². The van der Waals surface area contributed by atoms with Gasteiger partial charge in [0.1, 0.15) is 16.7 Å². The van der Waals surface area contributed by atoms with Crippen LogP contribution in [0.5, 0.6) is 17.2 Å². The van der Waals surface area contributed by atoms with Crippen molar-refractivity contribution >= 4 is 72.9 Å². The maximum Gasteiger partial charge on any atom is 0.335 e. The van der Waals surface area contributed by atoms with Crippen LogP contribution in [0.4, 0.5) is 5.13 Å². The van der Waals surface area contributed by atoms with Gasteiger partial charge in [-0.15, -0.1) is 0 Å². The number of thiazole rings is 1. The summed E-state index contributed by atoms with van der Waals surface area (Å²) in [5.74, 6) is 0.286. The standard InChI is InChI=1S/C34H34N4O7S3/c1-42-28-19-23(32(40)41)5-8-27(28)44-13-2-9-38-31(39)30(48-34(38)46)18-21-3-7-26(45-16-12-37-10-14-43-15-11-37)24(17-21)22-4-6-25-29(20-22)47-33(35)36-25/h3-8,17-20H,2,9-16H2,1H3,(H2,35,36)(H,40,41). The molecule has 2 fully saturated rings. The van der Waals surface area contributed by atoms with E-state index in [4.69, 9.17) is 36.9 Å². The van der Waals surface area contributed by atoms with E-state index in [2.05, 4.69) is 16.0 Å². The van der Waals surface area contributed by atoms with Crippen LogP contribution in [0.1, 0.15) is 22.3 Å². The maximum absolute atomic E-state index is 13.4. The summed E-state index contributed by atoms with van der Waals surface area (Å²) in [7, 11) is 1.45. The fourth-order valence-electron chi connectivity index (χ4n) is 5.38. The first kappa shape index (κ1) is 33.7. The van der Waals surface area contributed by atoms with Crippen LogP contribution in [-0.2, 0) is 9.53 Å². The lowest BCUT2D eigenvalue weighted by Gasteiger charge is -2.26. The number of aromatic carboxylic acids is 1. The van der Waals surface area contributed by atoms with Gasteiger partial charge in [0, 0.05) is 31.7 Å². The van der Waals surface area contributed by atoms with Gasteiger partial charge < -0.3 is 29.8 Å². The highest BCUT2D eigenvalue weighted by Gasteiger charge is 2.31. The highest BCUT2D eigenvalue weighted by atomic mass is 32.2. The number of hydrogen-bond acceptors (Lipinski definition) is 12. The second-order valence-corrected chi connectivity index (χ2v) is 13.7. The highest BCUT2D eigenvalue weighted by molar-refractivity contribution is 8.26. The molecule has 3 aromatic carbocycles. The van der Waals surface area contributed by atoms with Crippen molar-refractivity contribution in [2.75, 3.05) is 65.5 Å². The number of carbonyl (C=O) groups is 2. The zero-order valence-corrected chi connectivity index (χ0v) is 28.6. The second kappa shape index (κ2) is 15.3. The monoisotopic (exact) mass is 706 g/mol. The van der Waals surface area contributed by atoms with E-state index in [0.29, 0.717) is 45.4 Å². The SMILES string of the molecule is COc1cc(C(=O)O)ccc1OCCCN1C(=O)C(=Cc2ccc(OCCN3CCOCC3)c(-c3ccc4nc(N)sc4c3)c2)SC1=S. The van der Waals surface area contributed by atoms with Gasteiger partial charge in [0.25, 0.3) is 5.91 Å². The molecule has 2 aliphatic rings. The number of carbonyl (C=O) groups excluding carboxylic acids is 1. The van der Waals surface area contributed by atoms with E-state index in [1.807, 2.05) is 36.4 Å². The second-order valence-electron chi connectivity index (χ2n) is 11.0. The number of rotatable bonds is 13. The molecule has 1 aromatic heterocycles. The smallest absolute Gasteiger partial charge is 0.335 e.